The molecule has 0 aliphatic heterocycles. The van der Waals surface area contributed by atoms with Gasteiger partial charge in [-0.2, -0.15) is 0 Å². The fourth-order valence-electron chi connectivity index (χ4n) is 3.58. The maximum absolute atomic E-state index is 12.9. The number of carbonyl (C=O) groups excluding carboxylic acids is 1. The Kier molecular flexibility index (Phi) is 7.21. The zero-order valence-corrected chi connectivity index (χ0v) is 18.0. The van der Waals surface area contributed by atoms with E-state index >= 15 is 0 Å². The number of carbonyl (C=O) groups is 1. The van der Waals surface area contributed by atoms with Crippen LogP contribution in [0.25, 0.3) is 0 Å². The Labute approximate surface area is 187 Å². The third-order valence-electron chi connectivity index (χ3n) is 5.13. The van der Waals surface area contributed by atoms with Gasteiger partial charge in [-0.3, -0.25) is 4.79 Å². The number of nitrogens with zero attached hydrogens (tertiary/aromatic N) is 1. The molecule has 4 rings (SSSR count). The molecule has 0 fully saturated rings. The van der Waals surface area contributed by atoms with Gasteiger partial charge in [-0.1, -0.05) is 91.0 Å². The second kappa shape index (κ2) is 10.7. The fourth-order valence-corrected chi connectivity index (χ4v) is 4.30. The Hall–Kier alpha value is -3.28. The molecular weight excluding hydrogens is 402 g/mol. The van der Waals surface area contributed by atoms with Crippen LogP contribution < -0.4 is 10.6 Å². The molecule has 4 aromatic rings. The Balaban J connectivity index is 1.45. The quantitative estimate of drug-likeness (QED) is 0.399. The van der Waals surface area contributed by atoms with Crippen LogP contribution in [-0.2, 0) is 11.2 Å². The number of aromatic nitrogens is 1. The first-order chi connectivity index (χ1) is 15.3. The predicted octanol–water partition coefficient (Wildman–Crippen LogP) is 4.92. The van der Waals surface area contributed by atoms with E-state index in [1.807, 2.05) is 72.1 Å². The predicted molar refractivity (Wildman–Crippen MR) is 126 cm³/mol. The van der Waals surface area contributed by atoms with Crippen molar-refractivity contribution >= 4 is 17.2 Å². The molecule has 156 valence electrons. The number of nitrogens with one attached hydrogen (secondary N) is 2. The van der Waals surface area contributed by atoms with Crippen LogP contribution in [0.1, 0.15) is 33.8 Å². The summed E-state index contributed by atoms with van der Waals surface area (Å²) in [4.78, 5) is 17.3. The van der Waals surface area contributed by atoms with E-state index in [2.05, 4.69) is 39.9 Å². The van der Waals surface area contributed by atoms with Gasteiger partial charge >= 0.3 is 0 Å². The highest BCUT2D eigenvalue weighted by Crippen LogP contribution is 2.24. The van der Waals surface area contributed by atoms with Crippen molar-refractivity contribution in [1.82, 2.24) is 15.6 Å². The van der Waals surface area contributed by atoms with Crippen LogP contribution in [0.15, 0.2) is 103 Å². The highest BCUT2D eigenvalue weighted by atomic mass is 32.1. The lowest BCUT2D eigenvalue weighted by Gasteiger charge is -2.21. The fraction of sp³-hybridized carbons (Fsp3) is 0.154. The number of hydrogen-bond acceptors (Lipinski definition) is 4. The van der Waals surface area contributed by atoms with E-state index in [-0.39, 0.29) is 24.5 Å². The van der Waals surface area contributed by atoms with Crippen molar-refractivity contribution < 1.29 is 4.79 Å². The molecule has 4 nitrogen and oxygen atoms in total. The lowest BCUT2D eigenvalue weighted by Crippen LogP contribution is -2.38. The lowest BCUT2D eigenvalue weighted by atomic mass is 9.99. The second-order valence-corrected chi connectivity index (χ2v) is 8.24. The summed E-state index contributed by atoms with van der Waals surface area (Å²) < 4.78 is 0. The molecule has 1 aromatic heterocycles. The Bertz CT molecular complexity index is 1050. The van der Waals surface area contributed by atoms with Gasteiger partial charge in [-0.05, 0) is 23.1 Å². The molecule has 0 saturated carbocycles. The van der Waals surface area contributed by atoms with Gasteiger partial charge in [-0.25, -0.2) is 4.98 Å². The van der Waals surface area contributed by atoms with Gasteiger partial charge in [-0.15, -0.1) is 11.3 Å². The standard InChI is InChI=1S/C26H25N3OS/c30-24(29-25(26-27-16-17-31-26)22-14-8-3-9-15-22)19-28-23(21-12-6-2-7-13-21)18-20-10-4-1-5-11-20/h1-17,23,25,28H,18-19H2,(H,29,30). The zero-order valence-electron chi connectivity index (χ0n) is 17.1. The van der Waals surface area contributed by atoms with Gasteiger partial charge in [0.1, 0.15) is 11.0 Å². The van der Waals surface area contributed by atoms with Gasteiger partial charge in [0.05, 0.1) is 6.54 Å². The number of thiazole rings is 1. The molecule has 2 atom stereocenters. The van der Waals surface area contributed by atoms with Gasteiger partial charge < -0.3 is 10.6 Å². The molecule has 1 heterocycles. The lowest BCUT2D eigenvalue weighted by molar-refractivity contribution is -0.120. The summed E-state index contributed by atoms with van der Waals surface area (Å²) in [5.74, 6) is -0.0574. The maximum atomic E-state index is 12.9. The summed E-state index contributed by atoms with van der Waals surface area (Å²) in [5.41, 5.74) is 3.42. The Morgan fingerprint density at radius 2 is 1.45 bits per heavy atom. The Morgan fingerprint density at radius 1 is 0.839 bits per heavy atom. The molecule has 0 aliphatic rings. The first kappa shape index (κ1) is 21.0. The van der Waals surface area contributed by atoms with E-state index in [1.54, 1.807) is 17.5 Å². The van der Waals surface area contributed by atoms with E-state index in [9.17, 15) is 4.79 Å². The number of benzene rings is 3. The van der Waals surface area contributed by atoms with Crippen molar-refractivity contribution in [1.29, 1.82) is 0 Å². The van der Waals surface area contributed by atoms with Crippen LogP contribution in [0.4, 0.5) is 0 Å². The van der Waals surface area contributed by atoms with Crippen molar-refractivity contribution in [3.8, 4) is 0 Å². The molecule has 0 aliphatic carbocycles. The topological polar surface area (TPSA) is 54.0 Å². The molecule has 0 radical (unpaired) electrons. The molecule has 2 N–H and O–H groups in total. The van der Waals surface area contributed by atoms with Crippen LogP contribution in [0, 0.1) is 0 Å². The van der Waals surface area contributed by atoms with Crippen molar-refractivity contribution in [2.24, 2.45) is 0 Å². The SMILES string of the molecule is O=C(CNC(Cc1ccccc1)c1ccccc1)NC(c1ccccc1)c1nccs1. The van der Waals surface area contributed by atoms with Crippen LogP contribution in [-0.4, -0.2) is 17.4 Å². The van der Waals surface area contributed by atoms with E-state index in [1.165, 1.54) is 11.1 Å². The number of rotatable bonds is 9. The number of amides is 1. The van der Waals surface area contributed by atoms with Gasteiger partial charge in [0.15, 0.2) is 0 Å². The first-order valence-corrected chi connectivity index (χ1v) is 11.2. The molecule has 3 aromatic carbocycles. The minimum absolute atomic E-state index is 0.0457. The van der Waals surface area contributed by atoms with Crippen LogP contribution in [0.2, 0.25) is 0 Å². The monoisotopic (exact) mass is 427 g/mol. The van der Waals surface area contributed by atoms with E-state index in [0.29, 0.717) is 0 Å². The van der Waals surface area contributed by atoms with Gasteiger partial charge in [0.25, 0.3) is 0 Å². The van der Waals surface area contributed by atoms with Gasteiger partial charge in [0, 0.05) is 17.6 Å². The first-order valence-electron chi connectivity index (χ1n) is 10.4. The second-order valence-electron chi connectivity index (χ2n) is 7.32. The minimum Gasteiger partial charge on any atom is -0.342 e. The largest absolute Gasteiger partial charge is 0.342 e. The van der Waals surface area contributed by atoms with E-state index in [0.717, 1.165) is 17.0 Å². The summed E-state index contributed by atoms with van der Waals surface area (Å²) in [5, 5.41) is 9.42. The molecule has 5 heteroatoms. The Morgan fingerprint density at radius 3 is 2.06 bits per heavy atom. The smallest absolute Gasteiger partial charge is 0.234 e. The molecular formula is C26H25N3OS. The van der Waals surface area contributed by atoms with E-state index < -0.39 is 0 Å². The molecule has 0 spiro atoms. The highest BCUT2D eigenvalue weighted by Gasteiger charge is 2.20. The summed E-state index contributed by atoms with van der Waals surface area (Å²) >= 11 is 1.54. The van der Waals surface area contributed by atoms with Crippen molar-refractivity contribution in [2.45, 2.75) is 18.5 Å². The molecule has 0 saturated heterocycles. The van der Waals surface area contributed by atoms with Gasteiger partial charge in [0.2, 0.25) is 5.91 Å². The minimum atomic E-state index is -0.250. The van der Waals surface area contributed by atoms with Crippen molar-refractivity contribution in [3.63, 3.8) is 0 Å². The maximum Gasteiger partial charge on any atom is 0.234 e. The molecule has 31 heavy (non-hydrogen) atoms. The highest BCUT2D eigenvalue weighted by molar-refractivity contribution is 7.09. The molecule has 2 unspecified atom stereocenters. The summed E-state index contributed by atoms with van der Waals surface area (Å²) in [6.07, 6.45) is 2.58. The van der Waals surface area contributed by atoms with Crippen molar-refractivity contribution in [3.05, 3.63) is 124 Å². The van der Waals surface area contributed by atoms with Crippen LogP contribution in [0.5, 0.6) is 0 Å². The third kappa shape index (κ3) is 5.87. The molecule has 1 amide bonds. The zero-order chi connectivity index (χ0) is 21.3. The molecule has 0 bridgehead atoms. The average molecular weight is 428 g/mol. The normalized spacial score (nSPS) is 12.8. The van der Waals surface area contributed by atoms with Crippen molar-refractivity contribution in [2.75, 3.05) is 6.54 Å². The van der Waals surface area contributed by atoms with Crippen LogP contribution in [0.3, 0.4) is 0 Å². The van der Waals surface area contributed by atoms with E-state index in [4.69, 9.17) is 0 Å². The summed E-state index contributed by atoms with van der Waals surface area (Å²) in [7, 11) is 0. The average Bonchev–Trinajstić information content (AvgIpc) is 3.37. The summed E-state index contributed by atoms with van der Waals surface area (Å²) in [6, 6.07) is 30.4. The number of hydrogen-bond donors (Lipinski definition) is 2. The van der Waals surface area contributed by atoms with Crippen LogP contribution >= 0.6 is 11.3 Å². The summed E-state index contributed by atoms with van der Waals surface area (Å²) in [6.45, 7) is 0.223. The third-order valence-corrected chi connectivity index (χ3v) is 5.97.